The molecule has 3 heterocycles. The quantitative estimate of drug-likeness (QED) is 0.622. The first-order chi connectivity index (χ1) is 13.5. The van der Waals surface area contributed by atoms with Crippen molar-refractivity contribution in [3.8, 4) is 0 Å². The fourth-order valence-electron chi connectivity index (χ4n) is 3.11. The molecule has 3 aromatic rings. The van der Waals surface area contributed by atoms with Crippen LogP contribution in [0.15, 0.2) is 38.5 Å². The van der Waals surface area contributed by atoms with Gasteiger partial charge in [-0.2, -0.15) is 0 Å². The predicted molar refractivity (Wildman–Crippen MR) is 103 cm³/mol. The lowest BCUT2D eigenvalue weighted by Gasteiger charge is -2.33. The van der Waals surface area contributed by atoms with Gasteiger partial charge in [0.15, 0.2) is 11.3 Å². The van der Waals surface area contributed by atoms with Crippen molar-refractivity contribution in [3.63, 3.8) is 0 Å². The number of amides is 2. The number of nitrogens with zero attached hydrogens (tertiary/aromatic N) is 4. The van der Waals surface area contributed by atoms with Gasteiger partial charge in [0.2, 0.25) is 11.8 Å². The number of carbonyl (C=O) groups is 2. The largest absolute Gasteiger partial charge is 0.447 e. The minimum absolute atomic E-state index is 0.0298. The van der Waals surface area contributed by atoms with E-state index in [0.717, 1.165) is 16.7 Å². The number of carbonyl (C=O) groups excluding carboxylic acids is 2. The molecule has 146 valence electrons. The summed E-state index contributed by atoms with van der Waals surface area (Å²) in [6, 6.07) is 5.80. The average Bonchev–Trinajstić information content (AvgIpc) is 3.33. The van der Waals surface area contributed by atoms with Crippen molar-refractivity contribution >= 4 is 34.7 Å². The number of aryl methyl sites for hydroxylation is 1. The maximum atomic E-state index is 12.6. The molecule has 2 aromatic heterocycles. The highest BCUT2D eigenvalue weighted by Gasteiger charge is 2.25. The Hall–Kier alpha value is -2.81. The van der Waals surface area contributed by atoms with Crippen molar-refractivity contribution in [2.24, 2.45) is 0 Å². The van der Waals surface area contributed by atoms with Gasteiger partial charge in [-0.15, -0.1) is 0 Å². The lowest BCUT2D eigenvalue weighted by molar-refractivity contribution is -0.130. The second-order valence-corrected chi connectivity index (χ2v) is 7.54. The van der Waals surface area contributed by atoms with Gasteiger partial charge in [-0.1, -0.05) is 23.9 Å². The standard InChI is InChI=1S/C19H20N4O4S/c1-12-4-3-5-15-17(12)21-19(27-15)28-11-16-20-14(10-26-16)18(25)23-8-6-22(7-9-23)13(2)24/h3-5,10H,6-9,11H2,1-2H3. The summed E-state index contributed by atoms with van der Waals surface area (Å²) in [5, 5.41) is 0.538. The van der Waals surface area contributed by atoms with Crippen LogP contribution in [0.1, 0.15) is 28.9 Å². The van der Waals surface area contributed by atoms with Crippen LogP contribution in [0.5, 0.6) is 0 Å². The van der Waals surface area contributed by atoms with Crippen molar-refractivity contribution < 1.29 is 18.4 Å². The third kappa shape index (κ3) is 3.75. The van der Waals surface area contributed by atoms with E-state index in [1.807, 2.05) is 25.1 Å². The fourth-order valence-corrected chi connectivity index (χ4v) is 3.80. The molecule has 0 atom stereocenters. The van der Waals surface area contributed by atoms with Crippen LogP contribution in [0, 0.1) is 6.92 Å². The molecule has 1 saturated heterocycles. The smallest absolute Gasteiger partial charge is 0.275 e. The van der Waals surface area contributed by atoms with Gasteiger partial charge in [-0.3, -0.25) is 9.59 Å². The molecule has 0 unspecified atom stereocenters. The third-order valence-corrected chi connectivity index (χ3v) is 5.52. The van der Waals surface area contributed by atoms with E-state index in [-0.39, 0.29) is 17.5 Å². The van der Waals surface area contributed by atoms with E-state index in [2.05, 4.69) is 9.97 Å². The molecular formula is C19H20N4O4S. The van der Waals surface area contributed by atoms with Crippen LogP contribution in [0.2, 0.25) is 0 Å². The Balaban J connectivity index is 1.37. The lowest BCUT2D eigenvalue weighted by Crippen LogP contribution is -2.50. The predicted octanol–water partition coefficient (Wildman–Crippen LogP) is 2.72. The van der Waals surface area contributed by atoms with E-state index in [4.69, 9.17) is 8.83 Å². The Morgan fingerprint density at radius 2 is 1.89 bits per heavy atom. The maximum absolute atomic E-state index is 12.6. The number of para-hydroxylation sites is 1. The SMILES string of the molecule is CC(=O)N1CCN(C(=O)c2coc(CSc3nc4c(C)cccc4o3)n2)CC1. The normalized spacial score (nSPS) is 14.6. The average molecular weight is 400 g/mol. The Morgan fingerprint density at radius 1 is 1.14 bits per heavy atom. The topological polar surface area (TPSA) is 92.7 Å². The number of oxazole rings is 2. The molecular weight excluding hydrogens is 380 g/mol. The molecule has 0 N–H and O–H groups in total. The van der Waals surface area contributed by atoms with Crippen LogP contribution < -0.4 is 0 Å². The summed E-state index contributed by atoms with van der Waals surface area (Å²) >= 11 is 1.37. The van der Waals surface area contributed by atoms with Crippen molar-refractivity contribution in [1.82, 2.24) is 19.8 Å². The van der Waals surface area contributed by atoms with Crippen molar-refractivity contribution in [2.75, 3.05) is 26.2 Å². The Bertz CT molecular complexity index is 1020. The molecule has 28 heavy (non-hydrogen) atoms. The Morgan fingerprint density at radius 3 is 2.61 bits per heavy atom. The van der Waals surface area contributed by atoms with E-state index in [1.54, 1.807) is 9.80 Å². The molecule has 1 aliphatic heterocycles. The molecule has 0 radical (unpaired) electrons. The molecule has 0 saturated carbocycles. The highest BCUT2D eigenvalue weighted by molar-refractivity contribution is 7.98. The van der Waals surface area contributed by atoms with E-state index in [0.29, 0.717) is 43.0 Å². The van der Waals surface area contributed by atoms with Crippen LogP contribution in [-0.2, 0) is 10.5 Å². The van der Waals surface area contributed by atoms with E-state index in [1.165, 1.54) is 24.9 Å². The van der Waals surface area contributed by atoms with Crippen LogP contribution in [0.3, 0.4) is 0 Å². The van der Waals surface area contributed by atoms with Gasteiger partial charge in [0.1, 0.15) is 11.8 Å². The Kier molecular flexibility index (Phi) is 5.08. The summed E-state index contributed by atoms with van der Waals surface area (Å²) in [5.41, 5.74) is 2.93. The van der Waals surface area contributed by atoms with Gasteiger partial charge in [0.05, 0.1) is 5.75 Å². The van der Waals surface area contributed by atoms with Gasteiger partial charge in [0, 0.05) is 33.1 Å². The zero-order valence-electron chi connectivity index (χ0n) is 15.7. The first-order valence-corrected chi connectivity index (χ1v) is 9.98. The maximum Gasteiger partial charge on any atom is 0.275 e. The Labute approximate surface area is 165 Å². The number of benzene rings is 1. The summed E-state index contributed by atoms with van der Waals surface area (Å²) in [7, 11) is 0. The number of piperazine rings is 1. The summed E-state index contributed by atoms with van der Waals surface area (Å²) in [6.45, 7) is 5.60. The second-order valence-electron chi connectivity index (χ2n) is 6.61. The second kappa shape index (κ2) is 7.67. The molecule has 1 aromatic carbocycles. The molecule has 0 spiro atoms. The molecule has 0 bridgehead atoms. The van der Waals surface area contributed by atoms with Crippen molar-refractivity contribution in [3.05, 3.63) is 41.6 Å². The van der Waals surface area contributed by atoms with Crippen LogP contribution in [0.4, 0.5) is 0 Å². The van der Waals surface area contributed by atoms with Crippen molar-refractivity contribution in [1.29, 1.82) is 0 Å². The van der Waals surface area contributed by atoms with Gasteiger partial charge in [0.25, 0.3) is 11.1 Å². The molecule has 9 heteroatoms. The molecule has 2 amide bonds. The zero-order valence-corrected chi connectivity index (χ0v) is 16.5. The number of thioether (sulfide) groups is 1. The van der Waals surface area contributed by atoms with E-state index in [9.17, 15) is 9.59 Å². The van der Waals surface area contributed by atoms with Gasteiger partial charge in [-0.05, 0) is 18.6 Å². The van der Waals surface area contributed by atoms with Crippen LogP contribution in [0.25, 0.3) is 11.1 Å². The minimum Gasteiger partial charge on any atom is -0.447 e. The number of fused-ring (bicyclic) bond motifs is 1. The zero-order chi connectivity index (χ0) is 19.7. The lowest BCUT2D eigenvalue weighted by atomic mass is 10.2. The molecule has 4 rings (SSSR count). The summed E-state index contributed by atoms with van der Waals surface area (Å²) in [4.78, 5) is 36.2. The van der Waals surface area contributed by atoms with Gasteiger partial charge < -0.3 is 18.6 Å². The minimum atomic E-state index is -0.180. The number of hydrogen-bond donors (Lipinski definition) is 0. The highest BCUT2D eigenvalue weighted by atomic mass is 32.2. The molecule has 1 aliphatic rings. The number of rotatable bonds is 4. The highest BCUT2D eigenvalue weighted by Crippen LogP contribution is 2.27. The van der Waals surface area contributed by atoms with E-state index >= 15 is 0 Å². The summed E-state index contributed by atoms with van der Waals surface area (Å²) < 4.78 is 11.2. The monoisotopic (exact) mass is 400 g/mol. The first kappa shape index (κ1) is 18.5. The molecule has 0 aliphatic carbocycles. The van der Waals surface area contributed by atoms with Gasteiger partial charge in [-0.25, -0.2) is 9.97 Å². The fraction of sp³-hybridized carbons (Fsp3) is 0.368. The summed E-state index contributed by atoms with van der Waals surface area (Å²) in [6.07, 6.45) is 1.38. The van der Waals surface area contributed by atoms with Crippen molar-refractivity contribution in [2.45, 2.75) is 24.8 Å². The third-order valence-electron chi connectivity index (χ3n) is 4.70. The van der Waals surface area contributed by atoms with Crippen LogP contribution in [-0.4, -0.2) is 57.8 Å². The number of hydrogen-bond acceptors (Lipinski definition) is 7. The van der Waals surface area contributed by atoms with Crippen LogP contribution >= 0.6 is 11.8 Å². The number of aromatic nitrogens is 2. The summed E-state index contributed by atoms with van der Waals surface area (Å²) in [5.74, 6) is 0.703. The first-order valence-electron chi connectivity index (χ1n) is 8.99. The van der Waals surface area contributed by atoms with Gasteiger partial charge >= 0.3 is 0 Å². The molecule has 1 fully saturated rings. The molecule has 8 nitrogen and oxygen atoms in total. The van der Waals surface area contributed by atoms with E-state index < -0.39 is 0 Å².